The van der Waals surface area contributed by atoms with Gasteiger partial charge in [-0.3, -0.25) is 11.1 Å². The number of aromatic hydroxyl groups is 1. The lowest BCUT2D eigenvalue weighted by Gasteiger charge is -1.89. The van der Waals surface area contributed by atoms with E-state index in [1.165, 1.54) is 12.1 Å². The fourth-order valence-electron chi connectivity index (χ4n) is 0.635. The van der Waals surface area contributed by atoms with Crippen molar-refractivity contribution in [3.63, 3.8) is 0 Å². The van der Waals surface area contributed by atoms with Crippen LogP contribution in [0.3, 0.4) is 0 Å². The molecule has 0 aliphatic rings. The van der Waals surface area contributed by atoms with Gasteiger partial charge in [0.25, 0.3) is 0 Å². The molecule has 0 radical (unpaired) electrons. The van der Waals surface area contributed by atoms with Crippen LogP contribution in [0.5, 0.6) is 5.75 Å². The standard InChI is InChI=1S/C7H8N4O/c8-7(9)11-10-5-1-3-6(12)4-2-5/h1-4,12H,(H3,8,9)/p+1. The first-order valence-electron chi connectivity index (χ1n) is 3.27. The molecule has 5 N–H and O–H groups in total. The van der Waals surface area contributed by atoms with Gasteiger partial charge < -0.3 is 5.11 Å². The molecular weight excluding hydrogens is 156 g/mol. The predicted octanol–water partition coefficient (Wildman–Crippen LogP) is -0.450. The van der Waals surface area contributed by atoms with Crippen LogP contribution >= 0.6 is 0 Å². The van der Waals surface area contributed by atoms with Crippen LogP contribution in [0.2, 0.25) is 0 Å². The lowest BCUT2D eigenvalue weighted by Crippen LogP contribution is -2.43. The largest absolute Gasteiger partial charge is 0.508 e. The van der Waals surface area contributed by atoms with E-state index >= 15 is 0 Å². The van der Waals surface area contributed by atoms with Gasteiger partial charge in [0.2, 0.25) is 0 Å². The number of nitrogens with zero attached hydrogens (tertiary/aromatic N) is 2. The minimum atomic E-state index is -0.0944. The van der Waals surface area contributed by atoms with E-state index in [0.717, 1.165) is 0 Å². The van der Waals surface area contributed by atoms with Crippen molar-refractivity contribution in [3.8, 4) is 5.75 Å². The van der Waals surface area contributed by atoms with E-state index in [-0.39, 0.29) is 11.7 Å². The summed E-state index contributed by atoms with van der Waals surface area (Å²) in [6, 6.07) is 6.20. The van der Waals surface area contributed by atoms with Gasteiger partial charge in [-0.2, -0.15) is 0 Å². The van der Waals surface area contributed by atoms with E-state index in [9.17, 15) is 0 Å². The molecule has 1 aromatic carbocycles. The normalized spacial score (nSPS) is 10.3. The number of hydrogen-bond donors (Lipinski definition) is 3. The van der Waals surface area contributed by atoms with Crippen LogP contribution in [0.1, 0.15) is 0 Å². The van der Waals surface area contributed by atoms with Crippen molar-refractivity contribution < 1.29 is 10.5 Å². The summed E-state index contributed by atoms with van der Waals surface area (Å²) in [6.45, 7) is 0. The third kappa shape index (κ3) is 2.37. The number of guanidine groups is 1. The fourth-order valence-corrected chi connectivity index (χ4v) is 0.635. The molecule has 0 saturated heterocycles. The number of hydrogen-bond acceptors (Lipinski definition) is 2. The van der Waals surface area contributed by atoms with E-state index in [2.05, 4.69) is 10.2 Å². The van der Waals surface area contributed by atoms with Crippen LogP contribution in [0.25, 0.3) is 0 Å². The second kappa shape index (κ2) is 3.47. The smallest absolute Gasteiger partial charge is 0.403 e. The van der Waals surface area contributed by atoms with Crippen LogP contribution in [0.4, 0.5) is 5.69 Å². The summed E-state index contributed by atoms with van der Waals surface area (Å²) in [5.41, 5.74) is 5.64. The van der Waals surface area contributed by atoms with Gasteiger partial charge in [-0.15, -0.1) is 0 Å². The molecule has 0 fully saturated rings. The Morgan fingerprint density at radius 1 is 1.33 bits per heavy atom. The Balaban J connectivity index is 2.77. The average molecular weight is 165 g/mol. The molecule has 5 nitrogen and oxygen atoms in total. The Labute approximate surface area is 69.1 Å². The van der Waals surface area contributed by atoms with Crippen LogP contribution in [0, 0.1) is 0 Å². The Morgan fingerprint density at radius 3 is 2.42 bits per heavy atom. The molecule has 0 aliphatic carbocycles. The van der Waals surface area contributed by atoms with Crippen molar-refractivity contribution in [2.45, 2.75) is 0 Å². The molecular formula is C7H9N4O+. The van der Waals surface area contributed by atoms with Gasteiger partial charge >= 0.3 is 5.96 Å². The summed E-state index contributed by atoms with van der Waals surface area (Å²) < 4.78 is 0. The maximum Gasteiger partial charge on any atom is 0.403 e. The summed E-state index contributed by atoms with van der Waals surface area (Å²) in [5, 5.41) is 21.1. The molecule has 1 aromatic rings. The second-order valence-corrected chi connectivity index (χ2v) is 2.14. The van der Waals surface area contributed by atoms with E-state index in [4.69, 9.17) is 16.2 Å². The second-order valence-electron chi connectivity index (χ2n) is 2.14. The molecule has 5 heteroatoms. The number of nitrogens with two attached hydrogens (primary N) is 2. The first-order chi connectivity index (χ1) is 5.68. The quantitative estimate of drug-likeness (QED) is 0.298. The maximum atomic E-state index is 8.91. The van der Waals surface area contributed by atoms with Gasteiger partial charge in [-0.05, 0) is 24.3 Å². The predicted molar refractivity (Wildman–Crippen MR) is 43.7 cm³/mol. The zero-order valence-corrected chi connectivity index (χ0v) is 6.31. The summed E-state index contributed by atoms with van der Waals surface area (Å²) in [7, 11) is 0. The summed E-state index contributed by atoms with van der Waals surface area (Å²) >= 11 is 0. The summed E-state index contributed by atoms with van der Waals surface area (Å²) in [6.07, 6.45) is 0. The molecule has 0 amide bonds. The fraction of sp³-hybridized carbons (Fsp3) is 0. The number of phenolic OH excluding ortho intramolecular Hbond substituents is 1. The Hall–Kier alpha value is -1.91. The molecule has 1 rings (SSSR count). The topological polar surface area (TPSA) is 96.6 Å². The molecule has 0 saturated carbocycles. The monoisotopic (exact) mass is 165 g/mol. The third-order valence-electron chi connectivity index (χ3n) is 1.13. The van der Waals surface area contributed by atoms with Crippen LogP contribution < -0.4 is 11.1 Å². The molecule has 0 atom stereocenters. The lowest BCUT2D eigenvalue weighted by molar-refractivity contribution is -0.117. The molecule has 0 aromatic heterocycles. The number of benzene rings is 1. The minimum Gasteiger partial charge on any atom is -0.508 e. The number of azo groups is 1. The summed E-state index contributed by atoms with van der Waals surface area (Å²) in [5.74, 6) is 0.0849. The molecule has 62 valence electrons. The van der Waals surface area contributed by atoms with Crippen molar-refractivity contribution in [3.05, 3.63) is 24.3 Å². The van der Waals surface area contributed by atoms with Gasteiger partial charge in [0, 0.05) is 5.11 Å². The van der Waals surface area contributed by atoms with Crippen molar-refractivity contribution in [1.82, 2.24) is 0 Å². The number of rotatable bonds is 1. The first kappa shape index (κ1) is 8.19. The molecule has 12 heavy (non-hydrogen) atoms. The van der Waals surface area contributed by atoms with E-state index in [0.29, 0.717) is 5.69 Å². The van der Waals surface area contributed by atoms with Gasteiger partial charge in [0.1, 0.15) is 11.4 Å². The highest BCUT2D eigenvalue weighted by atomic mass is 16.3. The third-order valence-corrected chi connectivity index (χ3v) is 1.13. The van der Waals surface area contributed by atoms with E-state index in [1.807, 2.05) is 0 Å². The Bertz CT molecular complexity index is 304. The lowest BCUT2D eigenvalue weighted by atomic mass is 10.3. The van der Waals surface area contributed by atoms with Crippen molar-refractivity contribution >= 4 is 11.6 Å². The molecule has 0 bridgehead atoms. The Morgan fingerprint density at radius 2 is 1.92 bits per heavy atom. The molecule has 0 spiro atoms. The van der Waals surface area contributed by atoms with E-state index < -0.39 is 0 Å². The van der Waals surface area contributed by atoms with Crippen molar-refractivity contribution in [2.75, 3.05) is 0 Å². The molecule has 0 aliphatic heterocycles. The van der Waals surface area contributed by atoms with Crippen molar-refractivity contribution in [1.29, 1.82) is 0 Å². The van der Waals surface area contributed by atoms with Gasteiger partial charge in [-0.1, -0.05) is 5.11 Å². The van der Waals surface area contributed by atoms with Crippen LogP contribution in [0.15, 0.2) is 34.5 Å². The van der Waals surface area contributed by atoms with Crippen LogP contribution in [-0.2, 0) is 0 Å². The SMILES string of the molecule is NC(=[NH2+])N=Nc1ccc(O)cc1. The molecule has 0 unspecified atom stereocenters. The highest BCUT2D eigenvalue weighted by Crippen LogP contribution is 2.16. The van der Waals surface area contributed by atoms with Crippen LogP contribution in [-0.4, -0.2) is 11.1 Å². The van der Waals surface area contributed by atoms with Gasteiger partial charge in [-0.25, -0.2) is 0 Å². The van der Waals surface area contributed by atoms with Gasteiger partial charge in [0.05, 0.1) is 0 Å². The van der Waals surface area contributed by atoms with Gasteiger partial charge in [0.15, 0.2) is 0 Å². The zero-order chi connectivity index (χ0) is 8.97. The number of phenols is 1. The summed E-state index contributed by atoms with van der Waals surface area (Å²) in [4.78, 5) is 0. The minimum absolute atomic E-state index is 0.0944. The zero-order valence-electron chi connectivity index (χ0n) is 6.31. The first-order valence-corrected chi connectivity index (χ1v) is 3.27. The highest BCUT2D eigenvalue weighted by Gasteiger charge is 1.93. The maximum absolute atomic E-state index is 8.91. The average Bonchev–Trinajstić information content (AvgIpc) is 2.03. The highest BCUT2D eigenvalue weighted by molar-refractivity contribution is 5.71. The van der Waals surface area contributed by atoms with E-state index in [1.54, 1.807) is 12.1 Å². The Kier molecular flexibility index (Phi) is 2.37. The molecule has 0 heterocycles. The van der Waals surface area contributed by atoms with Crippen molar-refractivity contribution in [2.24, 2.45) is 16.0 Å².